The summed E-state index contributed by atoms with van der Waals surface area (Å²) in [6, 6.07) is 0. The zero-order valence-electron chi connectivity index (χ0n) is 18.5. The number of carbonyl (C=O) groups is 3. The number of allylic oxidation sites excluding steroid dienone is 6. The van der Waals surface area contributed by atoms with Crippen LogP contribution in [0, 0.1) is 17.3 Å². The second kappa shape index (κ2) is 10.9. The van der Waals surface area contributed by atoms with Crippen molar-refractivity contribution in [3.63, 3.8) is 0 Å². The molecule has 0 radical (unpaired) electrons. The molecule has 5 nitrogen and oxygen atoms in total. The van der Waals surface area contributed by atoms with Crippen molar-refractivity contribution in [1.82, 2.24) is 0 Å². The Morgan fingerprint density at radius 1 is 1.21 bits per heavy atom. The second-order valence-corrected chi connectivity index (χ2v) is 8.66. The van der Waals surface area contributed by atoms with Gasteiger partial charge in [0.15, 0.2) is 5.76 Å². The van der Waals surface area contributed by atoms with Gasteiger partial charge in [0.2, 0.25) is 5.78 Å². The van der Waals surface area contributed by atoms with Gasteiger partial charge in [-0.3, -0.25) is 4.79 Å². The van der Waals surface area contributed by atoms with Gasteiger partial charge in [0.1, 0.15) is 5.78 Å². The molecule has 3 atom stereocenters. The third-order valence-corrected chi connectivity index (χ3v) is 5.24. The molecule has 1 aliphatic carbocycles. The third kappa shape index (κ3) is 7.84. The fraction of sp³-hybridized carbons (Fsp3) is 0.542. The van der Waals surface area contributed by atoms with Crippen LogP contribution in [-0.2, 0) is 19.1 Å². The van der Waals surface area contributed by atoms with Gasteiger partial charge >= 0.3 is 5.97 Å². The predicted molar refractivity (Wildman–Crippen MR) is 114 cm³/mol. The van der Waals surface area contributed by atoms with Crippen LogP contribution in [0.1, 0.15) is 67.2 Å². The summed E-state index contributed by atoms with van der Waals surface area (Å²) in [6.45, 7) is 11.1. The van der Waals surface area contributed by atoms with Crippen molar-refractivity contribution in [3.8, 4) is 0 Å². The Labute approximate surface area is 174 Å². The molecule has 1 N–H and O–H groups in total. The van der Waals surface area contributed by atoms with Crippen molar-refractivity contribution < 1.29 is 24.2 Å². The Morgan fingerprint density at radius 2 is 1.86 bits per heavy atom. The minimum Gasteiger partial charge on any atom is -0.505 e. The zero-order chi connectivity index (χ0) is 22.2. The van der Waals surface area contributed by atoms with E-state index in [-0.39, 0.29) is 29.3 Å². The van der Waals surface area contributed by atoms with E-state index >= 15 is 0 Å². The smallest absolute Gasteiger partial charge is 0.335 e. The molecule has 0 unspecified atom stereocenters. The molecule has 0 aromatic heterocycles. The van der Waals surface area contributed by atoms with Crippen molar-refractivity contribution in [1.29, 1.82) is 0 Å². The Bertz CT molecular complexity index is 745. The molecule has 1 aliphatic rings. The number of Topliss-reactive ketones (excluding diaryl/α,β-unsaturated/α-hetero) is 2. The second-order valence-electron chi connectivity index (χ2n) is 8.66. The molecule has 0 saturated heterocycles. The molecule has 0 fully saturated rings. The molecule has 0 aromatic rings. The summed E-state index contributed by atoms with van der Waals surface area (Å²) in [6.07, 6.45) is 10.2. The van der Waals surface area contributed by atoms with Gasteiger partial charge in [-0.1, -0.05) is 24.1 Å². The first-order valence-corrected chi connectivity index (χ1v) is 10.0. The van der Waals surface area contributed by atoms with Crippen LogP contribution in [0.15, 0.2) is 47.5 Å². The van der Waals surface area contributed by atoms with E-state index in [1.165, 1.54) is 24.8 Å². The summed E-state index contributed by atoms with van der Waals surface area (Å²) in [7, 11) is 0. The topological polar surface area (TPSA) is 80.7 Å². The first kappa shape index (κ1) is 24.6. The number of hydrogen-bond acceptors (Lipinski definition) is 5. The Balaban J connectivity index is 3.27. The van der Waals surface area contributed by atoms with Gasteiger partial charge in [0, 0.05) is 18.4 Å². The third-order valence-electron chi connectivity index (χ3n) is 5.24. The van der Waals surface area contributed by atoms with E-state index in [1.807, 2.05) is 20.8 Å². The summed E-state index contributed by atoms with van der Waals surface area (Å²) >= 11 is 0. The van der Waals surface area contributed by atoms with E-state index in [9.17, 15) is 19.5 Å². The summed E-state index contributed by atoms with van der Waals surface area (Å²) in [5, 5.41) is 10.2. The molecule has 0 saturated carbocycles. The minimum atomic E-state index is -0.693. The molecule has 1 rings (SSSR count). The standard InChI is InChI=1S/C24H34O5/c1-16(2)8-7-11-24(6)12-9-21(26)23(28)19(15-18(5)25)20(24)10-13-29-22(27)14-17(3)4/h8-10,13-14,19-20,26H,7,11-12,15H2,1-6H3/b13-10+/t19-,20-,24-/m0/s1. The van der Waals surface area contributed by atoms with E-state index in [0.717, 1.165) is 18.4 Å². The normalized spacial score (nSPS) is 24.5. The molecule has 160 valence electrons. The Morgan fingerprint density at radius 3 is 2.41 bits per heavy atom. The van der Waals surface area contributed by atoms with Gasteiger partial charge in [0.25, 0.3) is 0 Å². The predicted octanol–water partition coefficient (Wildman–Crippen LogP) is 5.39. The quantitative estimate of drug-likeness (QED) is 0.255. The fourth-order valence-electron chi connectivity index (χ4n) is 3.72. The van der Waals surface area contributed by atoms with Crippen LogP contribution in [-0.4, -0.2) is 22.6 Å². The van der Waals surface area contributed by atoms with Crippen LogP contribution >= 0.6 is 0 Å². The van der Waals surface area contributed by atoms with Crippen LogP contribution in [0.4, 0.5) is 0 Å². The van der Waals surface area contributed by atoms with Gasteiger partial charge in [0.05, 0.1) is 6.26 Å². The molecule has 0 aliphatic heterocycles. The van der Waals surface area contributed by atoms with Crippen LogP contribution < -0.4 is 0 Å². The summed E-state index contributed by atoms with van der Waals surface area (Å²) in [5.74, 6) is -2.38. The van der Waals surface area contributed by atoms with E-state index in [1.54, 1.807) is 26.0 Å². The number of ketones is 2. The van der Waals surface area contributed by atoms with E-state index in [0.29, 0.717) is 6.42 Å². The summed E-state index contributed by atoms with van der Waals surface area (Å²) < 4.78 is 5.16. The number of esters is 1. The van der Waals surface area contributed by atoms with Gasteiger partial charge in [-0.25, -0.2) is 4.79 Å². The highest BCUT2D eigenvalue weighted by atomic mass is 16.5. The molecule has 0 amide bonds. The number of carbonyl (C=O) groups excluding carboxylic acids is 3. The number of ether oxygens (including phenoxy) is 1. The van der Waals surface area contributed by atoms with Crippen molar-refractivity contribution >= 4 is 17.5 Å². The monoisotopic (exact) mass is 402 g/mol. The molecule has 5 heteroatoms. The molecule has 0 bridgehead atoms. The molecule has 0 spiro atoms. The van der Waals surface area contributed by atoms with Crippen LogP contribution in [0.25, 0.3) is 0 Å². The lowest BCUT2D eigenvalue weighted by molar-refractivity contribution is -0.132. The molecule has 29 heavy (non-hydrogen) atoms. The maximum absolute atomic E-state index is 12.8. The van der Waals surface area contributed by atoms with Crippen molar-refractivity contribution in [2.45, 2.75) is 67.2 Å². The Hall–Kier alpha value is -2.43. The molecular weight excluding hydrogens is 368 g/mol. The largest absolute Gasteiger partial charge is 0.505 e. The minimum absolute atomic E-state index is 0.0336. The zero-order valence-corrected chi connectivity index (χ0v) is 18.5. The van der Waals surface area contributed by atoms with Gasteiger partial charge in [-0.2, -0.15) is 0 Å². The van der Waals surface area contributed by atoms with Crippen LogP contribution in [0.5, 0.6) is 0 Å². The lowest BCUT2D eigenvalue weighted by Crippen LogP contribution is -2.35. The van der Waals surface area contributed by atoms with Gasteiger partial charge in [-0.15, -0.1) is 0 Å². The number of hydrogen-bond donors (Lipinski definition) is 1. The van der Waals surface area contributed by atoms with Crippen LogP contribution in [0.2, 0.25) is 0 Å². The maximum Gasteiger partial charge on any atom is 0.335 e. The number of aliphatic hydroxyl groups excluding tert-OH is 1. The highest BCUT2D eigenvalue weighted by Crippen LogP contribution is 2.46. The SMILES string of the molecule is CC(=O)C[C@@H]1C(=O)C(O)=CC[C@](C)(CCC=C(C)C)[C@H]1/C=C/OC(=O)C=C(C)C. The highest BCUT2D eigenvalue weighted by molar-refractivity contribution is 5.98. The highest BCUT2D eigenvalue weighted by Gasteiger charge is 2.43. The fourth-order valence-corrected chi connectivity index (χ4v) is 3.72. The average Bonchev–Trinajstić information content (AvgIpc) is 2.66. The molecule has 0 heterocycles. The maximum atomic E-state index is 12.8. The first-order chi connectivity index (χ1) is 13.5. The van der Waals surface area contributed by atoms with E-state index < -0.39 is 17.7 Å². The van der Waals surface area contributed by atoms with Crippen LogP contribution in [0.3, 0.4) is 0 Å². The van der Waals surface area contributed by atoms with Gasteiger partial charge < -0.3 is 14.6 Å². The van der Waals surface area contributed by atoms with Crippen molar-refractivity contribution in [2.24, 2.45) is 17.3 Å². The lowest BCUT2D eigenvalue weighted by atomic mass is 9.65. The number of aliphatic hydroxyl groups is 1. The number of rotatable bonds is 8. The Kier molecular flexibility index (Phi) is 9.28. The van der Waals surface area contributed by atoms with Gasteiger partial charge in [-0.05, 0) is 77.4 Å². The average molecular weight is 403 g/mol. The van der Waals surface area contributed by atoms with E-state index in [2.05, 4.69) is 6.08 Å². The molecular formula is C24H34O5. The van der Waals surface area contributed by atoms with Crippen molar-refractivity contribution in [3.05, 3.63) is 47.5 Å². The summed E-state index contributed by atoms with van der Waals surface area (Å²) in [4.78, 5) is 36.4. The summed E-state index contributed by atoms with van der Waals surface area (Å²) in [5.41, 5.74) is 1.65. The van der Waals surface area contributed by atoms with Crippen molar-refractivity contribution in [2.75, 3.05) is 0 Å². The molecule has 0 aromatic carbocycles. The first-order valence-electron chi connectivity index (χ1n) is 10.0. The van der Waals surface area contributed by atoms with E-state index in [4.69, 9.17) is 4.74 Å². The lowest BCUT2D eigenvalue weighted by Gasteiger charge is -2.38.